The predicted octanol–water partition coefficient (Wildman–Crippen LogP) is 3.81. The number of halogens is 1. The topological polar surface area (TPSA) is 27.8 Å². The summed E-state index contributed by atoms with van der Waals surface area (Å²) in [6, 6.07) is 4.78. The van der Waals surface area contributed by atoms with Crippen LogP contribution < -0.4 is 5.32 Å². The van der Waals surface area contributed by atoms with Crippen LogP contribution in [0.5, 0.6) is 0 Å². The summed E-state index contributed by atoms with van der Waals surface area (Å²) in [6.45, 7) is 3.24. The van der Waals surface area contributed by atoms with Crippen molar-refractivity contribution in [3.8, 4) is 0 Å². The Kier molecular flexibility index (Phi) is 3.31. The van der Waals surface area contributed by atoms with Gasteiger partial charge in [0.05, 0.1) is 5.52 Å². The number of rotatable bonds is 2. The zero-order valence-electron chi connectivity index (χ0n) is 10.7. The van der Waals surface area contributed by atoms with Crippen molar-refractivity contribution in [2.45, 2.75) is 38.6 Å². The minimum absolute atomic E-state index is 0.633. The maximum Gasteiger partial charge on any atom is 0.0501 e. The normalized spacial score (nSPS) is 20.4. The molecule has 0 amide bonds. The SMILES string of the molecule is Cc1c(Cl)ccc2c(CC3CCCCN3)c[nH]c12. The largest absolute Gasteiger partial charge is 0.361 e. The monoisotopic (exact) mass is 262 g/mol. The lowest BCUT2D eigenvalue weighted by Crippen LogP contribution is -2.35. The molecule has 2 N–H and O–H groups in total. The van der Waals surface area contributed by atoms with E-state index < -0.39 is 0 Å². The molecule has 0 radical (unpaired) electrons. The Balaban J connectivity index is 1.90. The van der Waals surface area contributed by atoms with Crippen LogP contribution in [0.25, 0.3) is 10.9 Å². The Morgan fingerprint density at radius 1 is 1.33 bits per heavy atom. The summed E-state index contributed by atoms with van der Waals surface area (Å²) in [4.78, 5) is 3.37. The van der Waals surface area contributed by atoms with Crippen molar-refractivity contribution in [3.05, 3.63) is 34.5 Å². The number of nitrogens with one attached hydrogen (secondary N) is 2. The minimum Gasteiger partial charge on any atom is -0.361 e. The molecule has 1 atom stereocenters. The van der Waals surface area contributed by atoms with Gasteiger partial charge in [-0.1, -0.05) is 24.1 Å². The average molecular weight is 263 g/mol. The van der Waals surface area contributed by atoms with Gasteiger partial charge < -0.3 is 10.3 Å². The molecule has 2 aromatic rings. The van der Waals surface area contributed by atoms with Crippen LogP contribution in [0.15, 0.2) is 18.3 Å². The van der Waals surface area contributed by atoms with E-state index in [1.54, 1.807) is 0 Å². The fourth-order valence-electron chi connectivity index (χ4n) is 2.91. The van der Waals surface area contributed by atoms with Gasteiger partial charge in [-0.25, -0.2) is 0 Å². The van der Waals surface area contributed by atoms with Gasteiger partial charge in [-0.05, 0) is 49.9 Å². The number of aromatic amines is 1. The summed E-state index contributed by atoms with van der Waals surface area (Å²) < 4.78 is 0. The molecule has 0 aliphatic carbocycles. The fourth-order valence-corrected chi connectivity index (χ4v) is 3.07. The molecule has 2 nitrogen and oxygen atoms in total. The maximum atomic E-state index is 6.16. The van der Waals surface area contributed by atoms with Gasteiger partial charge in [-0.3, -0.25) is 0 Å². The summed E-state index contributed by atoms with van der Waals surface area (Å²) in [6.07, 6.45) is 7.22. The zero-order valence-corrected chi connectivity index (χ0v) is 11.5. The second-order valence-electron chi connectivity index (χ2n) is 5.26. The lowest BCUT2D eigenvalue weighted by atomic mass is 9.97. The van der Waals surface area contributed by atoms with Crippen molar-refractivity contribution in [1.82, 2.24) is 10.3 Å². The lowest BCUT2D eigenvalue weighted by molar-refractivity contribution is 0.400. The molecule has 0 spiro atoms. The van der Waals surface area contributed by atoms with E-state index >= 15 is 0 Å². The highest BCUT2D eigenvalue weighted by Gasteiger charge is 2.15. The van der Waals surface area contributed by atoms with E-state index in [1.165, 1.54) is 35.7 Å². The number of hydrogen-bond donors (Lipinski definition) is 2. The molecule has 3 rings (SSSR count). The highest BCUT2D eigenvalue weighted by atomic mass is 35.5. The van der Waals surface area contributed by atoms with E-state index in [4.69, 9.17) is 11.6 Å². The van der Waals surface area contributed by atoms with Gasteiger partial charge in [0, 0.05) is 22.6 Å². The van der Waals surface area contributed by atoms with Crippen molar-refractivity contribution in [3.63, 3.8) is 0 Å². The van der Waals surface area contributed by atoms with Gasteiger partial charge in [0.1, 0.15) is 0 Å². The molecule has 1 aliphatic heterocycles. The molecule has 1 aromatic heterocycles. The number of aryl methyl sites for hydroxylation is 1. The minimum atomic E-state index is 0.633. The molecular formula is C15H19ClN2. The number of fused-ring (bicyclic) bond motifs is 1. The van der Waals surface area contributed by atoms with E-state index in [2.05, 4.69) is 29.5 Å². The van der Waals surface area contributed by atoms with Crippen LogP contribution in [0.3, 0.4) is 0 Å². The molecular weight excluding hydrogens is 244 g/mol. The maximum absolute atomic E-state index is 6.16. The molecule has 3 heteroatoms. The molecule has 1 unspecified atom stereocenters. The molecule has 1 aliphatic rings. The third-order valence-corrected chi connectivity index (χ3v) is 4.42. The van der Waals surface area contributed by atoms with Crippen LogP contribution in [-0.2, 0) is 6.42 Å². The van der Waals surface area contributed by atoms with Crippen molar-refractivity contribution in [2.24, 2.45) is 0 Å². The fraction of sp³-hybridized carbons (Fsp3) is 0.467. The van der Waals surface area contributed by atoms with Gasteiger partial charge in [-0.15, -0.1) is 0 Å². The number of benzene rings is 1. The first-order valence-corrected chi connectivity index (χ1v) is 7.12. The first-order chi connectivity index (χ1) is 8.75. The summed E-state index contributed by atoms with van der Waals surface area (Å²) >= 11 is 6.16. The molecule has 18 heavy (non-hydrogen) atoms. The third kappa shape index (κ3) is 2.15. The second-order valence-corrected chi connectivity index (χ2v) is 5.67. The molecule has 1 saturated heterocycles. The third-order valence-electron chi connectivity index (χ3n) is 4.01. The van der Waals surface area contributed by atoms with E-state index in [0.29, 0.717) is 6.04 Å². The number of aromatic nitrogens is 1. The van der Waals surface area contributed by atoms with Crippen molar-refractivity contribution in [2.75, 3.05) is 6.54 Å². The smallest absolute Gasteiger partial charge is 0.0501 e. The number of H-pyrrole nitrogens is 1. The van der Waals surface area contributed by atoms with Gasteiger partial charge in [0.15, 0.2) is 0 Å². The summed E-state index contributed by atoms with van der Waals surface area (Å²) in [5.41, 5.74) is 3.74. The Bertz CT molecular complexity index is 553. The van der Waals surface area contributed by atoms with E-state index in [9.17, 15) is 0 Å². The molecule has 2 heterocycles. The standard InChI is InChI=1S/C15H19ClN2/c1-10-14(16)6-5-13-11(9-18-15(10)13)8-12-4-2-3-7-17-12/h5-6,9,12,17-18H,2-4,7-8H2,1H3. The summed E-state index contributed by atoms with van der Waals surface area (Å²) in [7, 11) is 0. The van der Waals surface area contributed by atoms with E-state index in [0.717, 1.165) is 23.6 Å². The van der Waals surface area contributed by atoms with Gasteiger partial charge in [0.2, 0.25) is 0 Å². The zero-order chi connectivity index (χ0) is 12.5. The number of piperidine rings is 1. The van der Waals surface area contributed by atoms with Gasteiger partial charge in [0.25, 0.3) is 0 Å². The van der Waals surface area contributed by atoms with Crippen molar-refractivity contribution >= 4 is 22.5 Å². The van der Waals surface area contributed by atoms with Crippen LogP contribution in [-0.4, -0.2) is 17.6 Å². The lowest BCUT2D eigenvalue weighted by Gasteiger charge is -2.23. The van der Waals surface area contributed by atoms with E-state index in [-0.39, 0.29) is 0 Å². The van der Waals surface area contributed by atoms with Crippen LogP contribution in [0, 0.1) is 6.92 Å². The molecule has 0 bridgehead atoms. The molecule has 1 aromatic carbocycles. The highest BCUT2D eigenvalue weighted by Crippen LogP contribution is 2.28. The van der Waals surface area contributed by atoms with Crippen molar-refractivity contribution < 1.29 is 0 Å². The van der Waals surface area contributed by atoms with Crippen molar-refractivity contribution in [1.29, 1.82) is 0 Å². The first kappa shape index (κ1) is 12.1. The molecule has 0 saturated carbocycles. The quantitative estimate of drug-likeness (QED) is 0.846. The predicted molar refractivity (Wildman–Crippen MR) is 77.4 cm³/mol. The van der Waals surface area contributed by atoms with Crippen LogP contribution >= 0.6 is 11.6 Å². The summed E-state index contributed by atoms with van der Waals surface area (Å²) in [5, 5.41) is 5.77. The Labute approximate surface area is 113 Å². The van der Waals surface area contributed by atoms with Gasteiger partial charge >= 0.3 is 0 Å². The second kappa shape index (κ2) is 4.94. The highest BCUT2D eigenvalue weighted by molar-refractivity contribution is 6.32. The van der Waals surface area contributed by atoms with Gasteiger partial charge in [-0.2, -0.15) is 0 Å². The van der Waals surface area contributed by atoms with Crippen LogP contribution in [0.2, 0.25) is 5.02 Å². The Hall–Kier alpha value is -0.990. The summed E-state index contributed by atoms with van der Waals surface area (Å²) in [5.74, 6) is 0. The van der Waals surface area contributed by atoms with E-state index in [1.807, 2.05) is 6.07 Å². The molecule has 96 valence electrons. The number of hydrogen-bond acceptors (Lipinski definition) is 1. The van der Waals surface area contributed by atoms with Crippen LogP contribution in [0.4, 0.5) is 0 Å². The Morgan fingerprint density at radius 2 is 2.22 bits per heavy atom. The Morgan fingerprint density at radius 3 is 3.00 bits per heavy atom. The average Bonchev–Trinajstić information content (AvgIpc) is 2.79. The first-order valence-electron chi connectivity index (χ1n) is 6.74. The van der Waals surface area contributed by atoms with Crippen LogP contribution in [0.1, 0.15) is 30.4 Å². The molecule has 1 fully saturated rings.